The van der Waals surface area contributed by atoms with Crippen LogP contribution in [0.15, 0.2) is 40.3 Å². The first kappa shape index (κ1) is 19.2. The van der Waals surface area contributed by atoms with E-state index in [4.69, 9.17) is 4.98 Å². The van der Waals surface area contributed by atoms with E-state index in [1.807, 2.05) is 30.3 Å². The third-order valence-electron chi connectivity index (χ3n) is 5.15. The van der Waals surface area contributed by atoms with Crippen LogP contribution in [0.3, 0.4) is 0 Å². The number of thioether (sulfide) groups is 1. The zero-order valence-corrected chi connectivity index (χ0v) is 17.9. The highest BCUT2D eigenvalue weighted by Crippen LogP contribution is 2.38. The van der Waals surface area contributed by atoms with Gasteiger partial charge in [-0.05, 0) is 36.8 Å². The molecule has 0 unspecified atom stereocenters. The second-order valence-corrected chi connectivity index (χ2v) is 9.45. The minimum absolute atomic E-state index is 0.00369. The van der Waals surface area contributed by atoms with Gasteiger partial charge in [-0.25, -0.2) is 4.98 Å². The fourth-order valence-corrected chi connectivity index (χ4v) is 6.11. The third kappa shape index (κ3) is 3.37. The molecule has 0 bridgehead atoms. The van der Waals surface area contributed by atoms with Crippen LogP contribution in [0.5, 0.6) is 0 Å². The molecule has 0 fully saturated rings. The second kappa shape index (κ2) is 7.72. The van der Waals surface area contributed by atoms with Gasteiger partial charge in [-0.3, -0.25) is 14.2 Å². The zero-order chi connectivity index (χ0) is 19.8. The normalized spacial score (nSPS) is 14.7. The maximum absolute atomic E-state index is 13.1. The van der Waals surface area contributed by atoms with Gasteiger partial charge in [-0.1, -0.05) is 42.1 Å². The van der Waals surface area contributed by atoms with Crippen molar-refractivity contribution in [1.29, 1.82) is 0 Å². The Labute approximate surface area is 172 Å². The van der Waals surface area contributed by atoms with Crippen LogP contribution in [0.25, 0.3) is 10.2 Å². The minimum atomic E-state index is -0.443. The Morgan fingerprint density at radius 1 is 1.21 bits per heavy atom. The second-order valence-electron chi connectivity index (χ2n) is 7.29. The molecule has 4 rings (SSSR count). The number of aryl methyl sites for hydroxylation is 2. The fraction of sp³-hybridized carbons (Fsp3) is 0.381. The molecular formula is C21H23N3O2S2. The van der Waals surface area contributed by atoms with Crippen LogP contribution in [0.1, 0.15) is 34.1 Å². The number of likely N-dealkylation sites (N-methyl/N-ethyl adjacent to an activating group) is 1. The number of carbonyl (C=O) groups is 1. The van der Waals surface area contributed by atoms with Gasteiger partial charge in [0.1, 0.15) is 10.1 Å². The van der Waals surface area contributed by atoms with Crippen LogP contribution in [0.2, 0.25) is 0 Å². The Bertz CT molecular complexity index is 1090. The maximum Gasteiger partial charge on any atom is 0.262 e. The Morgan fingerprint density at radius 3 is 2.64 bits per heavy atom. The number of aromatic nitrogens is 2. The van der Waals surface area contributed by atoms with Crippen molar-refractivity contribution in [3.63, 3.8) is 0 Å². The third-order valence-corrected chi connectivity index (χ3v) is 7.62. The van der Waals surface area contributed by atoms with Crippen molar-refractivity contribution < 1.29 is 4.79 Å². The van der Waals surface area contributed by atoms with Crippen molar-refractivity contribution >= 4 is 39.2 Å². The van der Waals surface area contributed by atoms with Gasteiger partial charge in [0, 0.05) is 26.0 Å². The van der Waals surface area contributed by atoms with E-state index < -0.39 is 5.25 Å². The summed E-state index contributed by atoms with van der Waals surface area (Å²) < 4.78 is 1.60. The van der Waals surface area contributed by atoms with Gasteiger partial charge < -0.3 is 4.90 Å². The van der Waals surface area contributed by atoms with Gasteiger partial charge in [0.25, 0.3) is 5.56 Å². The number of nitrogens with zero attached hydrogens (tertiary/aromatic N) is 3. The van der Waals surface area contributed by atoms with Crippen LogP contribution in [-0.2, 0) is 24.7 Å². The summed E-state index contributed by atoms with van der Waals surface area (Å²) in [6.45, 7) is 0. The molecule has 0 saturated heterocycles. The Balaban J connectivity index is 1.80. The molecule has 0 spiro atoms. The average Bonchev–Trinajstić information content (AvgIpc) is 3.08. The van der Waals surface area contributed by atoms with Crippen LogP contribution < -0.4 is 5.56 Å². The van der Waals surface area contributed by atoms with E-state index in [0.717, 1.165) is 35.0 Å². The lowest BCUT2D eigenvalue weighted by atomic mass is 9.97. The van der Waals surface area contributed by atoms with Crippen LogP contribution in [0.4, 0.5) is 0 Å². The van der Waals surface area contributed by atoms with E-state index in [1.165, 1.54) is 28.6 Å². The first-order chi connectivity index (χ1) is 13.5. The van der Waals surface area contributed by atoms with Crippen LogP contribution in [0, 0.1) is 0 Å². The number of fused-ring (bicyclic) bond motifs is 3. The first-order valence-electron chi connectivity index (χ1n) is 9.41. The molecule has 2 heterocycles. The number of thiophene rings is 1. The SMILES string of the molecule is CN(C)C(=O)[C@H](Sc1nc2sc3c(c2c(=O)n1C)CCCC3)c1ccccc1. The van der Waals surface area contributed by atoms with Gasteiger partial charge in [0.15, 0.2) is 5.16 Å². The van der Waals surface area contributed by atoms with Crippen molar-refractivity contribution in [3.05, 3.63) is 56.7 Å². The highest BCUT2D eigenvalue weighted by molar-refractivity contribution is 8.00. The maximum atomic E-state index is 13.1. The summed E-state index contributed by atoms with van der Waals surface area (Å²) in [5, 5.41) is 0.920. The molecule has 1 aromatic carbocycles. The summed E-state index contributed by atoms with van der Waals surface area (Å²) >= 11 is 2.99. The fourth-order valence-electron chi connectivity index (χ4n) is 3.60. The van der Waals surface area contributed by atoms with E-state index in [0.29, 0.717) is 5.16 Å². The Hall–Kier alpha value is -2.12. The number of hydrogen-bond acceptors (Lipinski definition) is 5. The summed E-state index contributed by atoms with van der Waals surface area (Å²) in [5.41, 5.74) is 2.10. The molecule has 0 aliphatic heterocycles. The molecule has 0 N–H and O–H groups in total. The standard InChI is InChI=1S/C21H23N3O2S2/c1-23(2)20(26)17(13-9-5-4-6-10-13)28-21-22-18-16(19(25)24(21)3)14-11-7-8-12-15(14)27-18/h4-6,9-10,17H,7-8,11-12H2,1-3H3/t17-/m1/s1. The van der Waals surface area contributed by atoms with Crippen molar-refractivity contribution in [2.24, 2.45) is 7.05 Å². The molecule has 3 aromatic rings. The van der Waals surface area contributed by atoms with Crippen molar-refractivity contribution in [2.75, 3.05) is 14.1 Å². The number of hydrogen-bond donors (Lipinski definition) is 0. The van der Waals surface area contributed by atoms with Gasteiger partial charge in [0.2, 0.25) is 5.91 Å². The van der Waals surface area contributed by atoms with E-state index >= 15 is 0 Å². The number of rotatable bonds is 4. The molecule has 0 radical (unpaired) electrons. The largest absolute Gasteiger partial charge is 0.348 e. The number of benzene rings is 1. The number of carbonyl (C=O) groups excluding carboxylic acids is 1. The monoisotopic (exact) mass is 413 g/mol. The minimum Gasteiger partial charge on any atom is -0.348 e. The molecule has 5 nitrogen and oxygen atoms in total. The quantitative estimate of drug-likeness (QED) is 0.482. The predicted molar refractivity (Wildman–Crippen MR) is 115 cm³/mol. The molecule has 1 atom stereocenters. The topological polar surface area (TPSA) is 55.2 Å². The van der Waals surface area contributed by atoms with Gasteiger partial charge in [0.05, 0.1) is 5.39 Å². The van der Waals surface area contributed by atoms with Crippen molar-refractivity contribution in [2.45, 2.75) is 36.1 Å². The van der Waals surface area contributed by atoms with Gasteiger partial charge >= 0.3 is 0 Å². The smallest absolute Gasteiger partial charge is 0.262 e. The molecule has 28 heavy (non-hydrogen) atoms. The molecule has 2 aromatic heterocycles. The highest BCUT2D eigenvalue weighted by atomic mass is 32.2. The summed E-state index contributed by atoms with van der Waals surface area (Å²) in [7, 11) is 5.26. The van der Waals surface area contributed by atoms with Gasteiger partial charge in [-0.15, -0.1) is 11.3 Å². The molecule has 1 amide bonds. The lowest BCUT2D eigenvalue weighted by Crippen LogP contribution is -2.28. The molecule has 1 aliphatic rings. The zero-order valence-electron chi connectivity index (χ0n) is 16.3. The predicted octanol–water partition coefficient (Wildman–Crippen LogP) is 3.80. The van der Waals surface area contributed by atoms with E-state index in [9.17, 15) is 9.59 Å². The lowest BCUT2D eigenvalue weighted by molar-refractivity contribution is -0.128. The Morgan fingerprint density at radius 2 is 1.93 bits per heavy atom. The molecule has 1 aliphatic carbocycles. The van der Waals surface area contributed by atoms with E-state index in [1.54, 1.807) is 41.9 Å². The summed E-state index contributed by atoms with van der Waals surface area (Å²) in [5.74, 6) is -0.0176. The van der Waals surface area contributed by atoms with Crippen LogP contribution in [-0.4, -0.2) is 34.5 Å². The van der Waals surface area contributed by atoms with Gasteiger partial charge in [-0.2, -0.15) is 0 Å². The molecule has 146 valence electrons. The number of amides is 1. The van der Waals surface area contributed by atoms with Crippen molar-refractivity contribution in [1.82, 2.24) is 14.5 Å². The molecule has 7 heteroatoms. The highest BCUT2D eigenvalue weighted by Gasteiger charge is 2.27. The lowest BCUT2D eigenvalue weighted by Gasteiger charge is -2.21. The summed E-state index contributed by atoms with van der Waals surface area (Å²) in [4.78, 5) is 34.5. The molecule has 0 saturated carbocycles. The van der Waals surface area contributed by atoms with Crippen LogP contribution >= 0.6 is 23.1 Å². The summed E-state index contributed by atoms with van der Waals surface area (Å²) in [6.07, 6.45) is 4.30. The van der Waals surface area contributed by atoms with E-state index in [-0.39, 0.29) is 11.5 Å². The van der Waals surface area contributed by atoms with Crippen molar-refractivity contribution in [3.8, 4) is 0 Å². The molecular weight excluding hydrogens is 390 g/mol. The summed E-state index contributed by atoms with van der Waals surface area (Å²) in [6, 6.07) is 9.67. The van der Waals surface area contributed by atoms with E-state index in [2.05, 4.69) is 0 Å². The Kier molecular flexibility index (Phi) is 5.29. The average molecular weight is 414 g/mol. The first-order valence-corrected chi connectivity index (χ1v) is 11.1.